The molecule has 0 bridgehead atoms. The van der Waals surface area contributed by atoms with Gasteiger partial charge in [0.2, 0.25) is 0 Å². The highest BCUT2D eigenvalue weighted by Crippen LogP contribution is 2.34. The van der Waals surface area contributed by atoms with Crippen molar-refractivity contribution in [3.05, 3.63) is 42.2 Å². The number of thioether (sulfide) groups is 1. The summed E-state index contributed by atoms with van der Waals surface area (Å²) in [6.07, 6.45) is 1.09. The molecule has 6 nitrogen and oxygen atoms in total. The van der Waals surface area contributed by atoms with Gasteiger partial charge in [0.05, 0.1) is 23.4 Å². The van der Waals surface area contributed by atoms with Crippen LogP contribution < -0.4 is 5.32 Å². The van der Waals surface area contributed by atoms with E-state index in [9.17, 15) is 4.79 Å². The number of morpholine rings is 1. The predicted octanol–water partition coefficient (Wildman–Crippen LogP) is 3.49. The third-order valence-electron chi connectivity index (χ3n) is 5.68. The standard InChI is InChI=1S/C21H23N3O3S2/c25-19(22-13-21(7-12-28-14-21)24-8-10-26-11-9-24)16-5-6-17(27-16)20-23-15-3-1-2-4-18(15)29-20/h1-6H,7-14H2,(H,22,25). The van der Waals surface area contributed by atoms with E-state index in [2.05, 4.69) is 15.2 Å². The van der Waals surface area contributed by atoms with E-state index < -0.39 is 0 Å². The zero-order chi connectivity index (χ0) is 19.7. The van der Waals surface area contributed by atoms with Crippen LogP contribution in [0.3, 0.4) is 0 Å². The van der Waals surface area contributed by atoms with Crippen LogP contribution in [0, 0.1) is 0 Å². The lowest BCUT2D eigenvalue weighted by molar-refractivity contribution is -0.0129. The summed E-state index contributed by atoms with van der Waals surface area (Å²) in [5, 5.41) is 3.92. The fourth-order valence-corrected chi connectivity index (χ4v) is 6.42. The number of ether oxygens (including phenoxy) is 1. The first-order valence-corrected chi connectivity index (χ1v) is 11.9. The summed E-state index contributed by atoms with van der Waals surface area (Å²) >= 11 is 3.53. The summed E-state index contributed by atoms with van der Waals surface area (Å²) in [6, 6.07) is 11.6. The van der Waals surface area contributed by atoms with Crippen molar-refractivity contribution in [1.29, 1.82) is 0 Å². The molecule has 3 aromatic rings. The predicted molar refractivity (Wildman–Crippen MR) is 117 cm³/mol. The van der Waals surface area contributed by atoms with Gasteiger partial charge in [-0.1, -0.05) is 12.1 Å². The Morgan fingerprint density at radius 2 is 2.07 bits per heavy atom. The van der Waals surface area contributed by atoms with Crippen molar-refractivity contribution in [3.8, 4) is 10.8 Å². The van der Waals surface area contributed by atoms with Gasteiger partial charge < -0.3 is 14.5 Å². The van der Waals surface area contributed by atoms with Crippen molar-refractivity contribution in [3.63, 3.8) is 0 Å². The van der Waals surface area contributed by atoms with Crippen molar-refractivity contribution >= 4 is 39.2 Å². The number of para-hydroxylation sites is 1. The Kier molecular flexibility index (Phi) is 5.34. The summed E-state index contributed by atoms with van der Waals surface area (Å²) in [7, 11) is 0. The van der Waals surface area contributed by atoms with Gasteiger partial charge in [0.15, 0.2) is 16.5 Å². The first-order chi connectivity index (χ1) is 14.2. The lowest BCUT2D eigenvalue weighted by Crippen LogP contribution is -2.59. The maximum Gasteiger partial charge on any atom is 0.287 e. The molecular weight excluding hydrogens is 406 g/mol. The van der Waals surface area contributed by atoms with E-state index in [1.807, 2.05) is 42.1 Å². The van der Waals surface area contributed by atoms with E-state index in [-0.39, 0.29) is 11.4 Å². The molecule has 1 N–H and O–H groups in total. The number of carbonyl (C=O) groups excluding carboxylic acids is 1. The number of benzene rings is 1. The third-order valence-corrected chi connectivity index (χ3v) is 7.96. The number of fused-ring (bicyclic) bond motifs is 1. The van der Waals surface area contributed by atoms with Crippen LogP contribution in [-0.4, -0.2) is 65.7 Å². The van der Waals surface area contributed by atoms with Gasteiger partial charge in [-0.25, -0.2) is 4.98 Å². The van der Waals surface area contributed by atoms with Gasteiger partial charge in [0.25, 0.3) is 5.91 Å². The maximum absolute atomic E-state index is 12.8. The Bertz CT molecular complexity index is 970. The molecule has 4 heterocycles. The van der Waals surface area contributed by atoms with Crippen molar-refractivity contribution < 1.29 is 13.9 Å². The van der Waals surface area contributed by atoms with Crippen molar-refractivity contribution in [1.82, 2.24) is 15.2 Å². The third kappa shape index (κ3) is 3.82. The first-order valence-electron chi connectivity index (χ1n) is 9.88. The zero-order valence-electron chi connectivity index (χ0n) is 16.1. The van der Waals surface area contributed by atoms with E-state index in [0.29, 0.717) is 18.1 Å². The Morgan fingerprint density at radius 3 is 2.86 bits per heavy atom. The Balaban J connectivity index is 1.28. The smallest absolute Gasteiger partial charge is 0.287 e. The molecule has 8 heteroatoms. The molecular formula is C21H23N3O3S2. The lowest BCUT2D eigenvalue weighted by Gasteiger charge is -2.42. The molecule has 0 spiro atoms. The highest BCUT2D eigenvalue weighted by molar-refractivity contribution is 7.99. The first kappa shape index (κ1) is 19.1. The second kappa shape index (κ2) is 8.10. The minimum atomic E-state index is -0.165. The maximum atomic E-state index is 12.8. The number of aromatic nitrogens is 1. The summed E-state index contributed by atoms with van der Waals surface area (Å²) in [4.78, 5) is 19.9. The number of rotatable bonds is 5. The number of furan rings is 1. The van der Waals surface area contributed by atoms with Gasteiger partial charge in [0, 0.05) is 30.9 Å². The number of nitrogens with one attached hydrogen (secondary N) is 1. The highest BCUT2D eigenvalue weighted by atomic mass is 32.2. The normalized spacial score (nSPS) is 22.9. The summed E-state index contributed by atoms with van der Waals surface area (Å²) < 4.78 is 12.5. The Hall–Kier alpha value is -1.87. The zero-order valence-corrected chi connectivity index (χ0v) is 17.7. The molecule has 0 aliphatic carbocycles. The number of hydrogen-bond donors (Lipinski definition) is 1. The molecule has 1 aromatic carbocycles. The minimum Gasteiger partial charge on any atom is -0.448 e. The average Bonchev–Trinajstić information content (AvgIpc) is 3.52. The van der Waals surface area contributed by atoms with Gasteiger partial charge in [-0.2, -0.15) is 11.8 Å². The Labute approximate surface area is 177 Å². The van der Waals surface area contributed by atoms with Gasteiger partial charge in [-0.05, 0) is 36.4 Å². The van der Waals surface area contributed by atoms with Crippen LogP contribution in [0.15, 0.2) is 40.8 Å². The van der Waals surface area contributed by atoms with Crippen LogP contribution in [-0.2, 0) is 4.74 Å². The number of amides is 1. The SMILES string of the molecule is O=C(NCC1(N2CCOCC2)CCSC1)c1ccc(-c2nc3ccccc3s2)o1. The summed E-state index contributed by atoms with van der Waals surface area (Å²) in [5.41, 5.74) is 0.966. The van der Waals surface area contributed by atoms with Crippen LogP contribution >= 0.6 is 23.1 Å². The van der Waals surface area contributed by atoms with E-state index in [1.165, 1.54) is 0 Å². The van der Waals surface area contributed by atoms with Crippen LogP contribution in [0.5, 0.6) is 0 Å². The lowest BCUT2D eigenvalue weighted by atomic mass is 9.95. The molecule has 1 unspecified atom stereocenters. The molecule has 2 fully saturated rings. The van der Waals surface area contributed by atoms with Crippen LogP contribution in [0.2, 0.25) is 0 Å². The number of hydrogen-bond acceptors (Lipinski definition) is 7. The molecule has 5 rings (SSSR count). The van der Waals surface area contributed by atoms with Crippen molar-refractivity contribution in [2.24, 2.45) is 0 Å². The van der Waals surface area contributed by atoms with Crippen LogP contribution in [0.4, 0.5) is 0 Å². The fraction of sp³-hybridized carbons (Fsp3) is 0.429. The number of carbonyl (C=O) groups is 1. The molecule has 2 aliphatic heterocycles. The molecule has 29 heavy (non-hydrogen) atoms. The van der Waals surface area contributed by atoms with Gasteiger partial charge in [0.1, 0.15) is 0 Å². The topological polar surface area (TPSA) is 67.6 Å². The molecule has 0 radical (unpaired) electrons. The monoisotopic (exact) mass is 429 g/mol. The molecule has 152 valence electrons. The van der Waals surface area contributed by atoms with E-state index >= 15 is 0 Å². The number of thiazole rings is 1. The second-order valence-electron chi connectivity index (χ2n) is 7.46. The quantitative estimate of drug-likeness (QED) is 0.670. The van der Waals surface area contributed by atoms with Crippen molar-refractivity contribution in [2.45, 2.75) is 12.0 Å². The van der Waals surface area contributed by atoms with Crippen molar-refractivity contribution in [2.75, 3.05) is 44.4 Å². The molecule has 2 aliphatic rings. The summed E-state index contributed by atoms with van der Waals surface area (Å²) in [6.45, 7) is 4.03. The molecule has 2 saturated heterocycles. The van der Waals surface area contributed by atoms with E-state index in [1.54, 1.807) is 17.4 Å². The van der Waals surface area contributed by atoms with Gasteiger partial charge in [-0.3, -0.25) is 9.69 Å². The van der Waals surface area contributed by atoms with Crippen LogP contribution in [0.25, 0.3) is 21.0 Å². The molecule has 0 saturated carbocycles. The van der Waals surface area contributed by atoms with E-state index in [0.717, 1.165) is 59.5 Å². The molecule has 2 aromatic heterocycles. The summed E-state index contributed by atoms with van der Waals surface area (Å²) in [5.74, 6) is 2.98. The fourth-order valence-electron chi connectivity index (χ4n) is 4.02. The van der Waals surface area contributed by atoms with Gasteiger partial charge in [-0.15, -0.1) is 11.3 Å². The average molecular weight is 430 g/mol. The number of nitrogens with zero attached hydrogens (tertiary/aromatic N) is 2. The van der Waals surface area contributed by atoms with Gasteiger partial charge >= 0.3 is 0 Å². The molecule has 1 amide bonds. The minimum absolute atomic E-state index is 0.0204. The van der Waals surface area contributed by atoms with E-state index in [4.69, 9.17) is 9.15 Å². The highest BCUT2D eigenvalue weighted by Gasteiger charge is 2.41. The van der Waals surface area contributed by atoms with Crippen LogP contribution in [0.1, 0.15) is 17.0 Å². The largest absolute Gasteiger partial charge is 0.448 e. The second-order valence-corrected chi connectivity index (χ2v) is 9.60. The molecule has 1 atom stereocenters. The Morgan fingerprint density at radius 1 is 1.21 bits per heavy atom.